The van der Waals surface area contributed by atoms with Crippen molar-refractivity contribution in [3.8, 4) is 0 Å². The van der Waals surface area contributed by atoms with Crippen molar-refractivity contribution in [3.63, 3.8) is 0 Å². The van der Waals surface area contributed by atoms with E-state index in [0.29, 0.717) is 13.1 Å². The smallest absolute Gasteiger partial charge is 0.264 e. The Bertz CT molecular complexity index is 2220. The molecule has 0 amide bonds. The first-order valence-electron chi connectivity index (χ1n) is 15.1. The standard InChI is InChI=1S/C34H34N2O6S4/c1-2-9-24(22-31-35(18-7-20-45(37,38)39)33-27-12-5-3-10-25(27)14-16-29(33)43-31)23-32-36(19-8-21-46(40,41)42)34-28-13-6-4-11-26(28)15-17-30(34)44-32/h3-6,10-17,22-23H,2,7-9,18-21H2,1H3,(H-,37,38,39,40,41,42). The molecule has 4 aromatic carbocycles. The Morgan fingerprint density at radius 3 is 2.33 bits per heavy atom. The first-order valence-corrected chi connectivity index (χ1v) is 19.9. The number of anilines is 1. The van der Waals surface area contributed by atoms with Crippen LogP contribution in [0.2, 0.25) is 0 Å². The molecule has 0 aliphatic carbocycles. The molecule has 0 atom stereocenters. The van der Waals surface area contributed by atoms with E-state index in [1.54, 1.807) is 23.1 Å². The molecule has 46 heavy (non-hydrogen) atoms. The molecule has 1 N–H and O–H groups in total. The predicted molar refractivity (Wildman–Crippen MR) is 188 cm³/mol. The molecule has 240 valence electrons. The molecule has 2 heterocycles. The molecule has 8 nitrogen and oxygen atoms in total. The van der Waals surface area contributed by atoms with Crippen LogP contribution in [0.15, 0.2) is 94.4 Å². The highest BCUT2D eigenvalue weighted by atomic mass is 32.2. The SMILES string of the molecule is CCCC(/C=C1\Sc2ccc3ccccc3c2N1CCCS(=O)(=O)O)=C\c1sc2ccc3ccccc3c2[n+]1CCCS(=O)(=O)[O-]. The van der Waals surface area contributed by atoms with Crippen LogP contribution < -0.4 is 9.47 Å². The van der Waals surface area contributed by atoms with Crippen molar-refractivity contribution in [2.75, 3.05) is 23.0 Å². The van der Waals surface area contributed by atoms with Gasteiger partial charge in [0.2, 0.25) is 5.52 Å². The number of thioether (sulfide) groups is 1. The third-order valence-electron chi connectivity index (χ3n) is 7.94. The summed E-state index contributed by atoms with van der Waals surface area (Å²) in [6.07, 6.45) is 6.45. The molecule has 0 radical (unpaired) electrons. The molecule has 0 bridgehead atoms. The number of rotatable bonds is 12. The van der Waals surface area contributed by atoms with Gasteiger partial charge in [-0.05, 0) is 53.5 Å². The molecule has 0 saturated heterocycles. The largest absolute Gasteiger partial charge is 0.748 e. The second-order valence-corrected chi connectivity index (χ2v) is 16.5. The molecule has 0 saturated carbocycles. The lowest BCUT2D eigenvalue weighted by molar-refractivity contribution is -0.667. The summed E-state index contributed by atoms with van der Waals surface area (Å²) in [5, 5.41) is 6.24. The number of aromatic nitrogens is 1. The third kappa shape index (κ3) is 7.32. The minimum atomic E-state index is -4.34. The highest BCUT2D eigenvalue weighted by Crippen LogP contribution is 2.50. The minimum Gasteiger partial charge on any atom is -0.748 e. The summed E-state index contributed by atoms with van der Waals surface area (Å²) in [4.78, 5) is 3.23. The molecule has 1 aliphatic heterocycles. The van der Waals surface area contributed by atoms with Gasteiger partial charge >= 0.3 is 0 Å². The summed E-state index contributed by atoms with van der Waals surface area (Å²) in [6, 6.07) is 24.6. The summed E-state index contributed by atoms with van der Waals surface area (Å²) in [5.41, 5.74) is 3.12. The average molecular weight is 695 g/mol. The third-order valence-corrected chi connectivity index (χ3v) is 11.7. The van der Waals surface area contributed by atoms with Crippen molar-refractivity contribution in [3.05, 3.63) is 94.5 Å². The number of hydrogen-bond donors (Lipinski definition) is 1. The monoisotopic (exact) mass is 694 g/mol. The molecule has 6 rings (SSSR count). The Kier molecular flexibility index (Phi) is 9.56. The number of thiazole rings is 1. The number of nitrogens with zero attached hydrogens (tertiary/aromatic N) is 2. The van der Waals surface area contributed by atoms with Crippen LogP contribution in [0.1, 0.15) is 37.6 Å². The number of hydrogen-bond acceptors (Lipinski definition) is 8. The second-order valence-electron chi connectivity index (χ2n) is 11.3. The lowest BCUT2D eigenvalue weighted by Gasteiger charge is -2.22. The molecule has 5 aromatic rings. The summed E-state index contributed by atoms with van der Waals surface area (Å²) in [5.74, 6) is -0.757. The van der Waals surface area contributed by atoms with Crippen LogP contribution in [-0.2, 0) is 26.8 Å². The summed E-state index contributed by atoms with van der Waals surface area (Å²) in [7, 11) is -8.44. The molecule has 0 unspecified atom stereocenters. The summed E-state index contributed by atoms with van der Waals surface area (Å²) < 4.78 is 70.2. The van der Waals surface area contributed by atoms with E-state index >= 15 is 0 Å². The van der Waals surface area contributed by atoms with E-state index in [1.807, 2.05) is 24.3 Å². The molecule has 0 fully saturated rings. The Balaban J connectivity index is 1.46. The van der Waals surface area contributed by atoms with Crippen LogP contribution in [0.25, 0.3) is 37.8 Å². The van der Waals surface area contributed by atoms with Crippen molar-refractivity contribution in [2.45, 2.75) is 44.0 Å². The Morgan fingerprint density at radius 1 is 0.913 bits per heavy atom. The van der Waals surface area contributed by atoms with Crippen molar-refractivity contribution in [2.24, 2.45) is 0 Å². The predicted octanol–water partition coefficient (Wildman–Crippen LogP) is 7.35. The van der Waals surface area contributed by atoms with E-state index in [0.717, 1.165) is 70.8 Å². The molecule has 0 spiro atoms. The Hall–Kier alpha value is -3.26. The highest BCUT2D eigenvalue weighted by Gasteiger charge is 2.28. The topological polar surface area (TPSA) is 119 Å². The fourth-order valence-corrected chi connectivity index (χ4v) is 9.34. The van der Waals surface area contributed by atoms with Crippen molar-refractivity contribution >= 4 is 86.9 Å². The number of aryl methyl sites for hydroxylation is 1. The van der Waals surface area contributed by atoms with E-state index in [2.05, 4.69) is 77.1 Å². The van der Waals surface area contributed by atoms with Gasteiger partial charge in [0.05, 0.1) is 32.0 Å². The van der Waals surface area contributed by atoms with Crippen LogP contribution in [0, 0.1) is 0 Å². The van der Waals surface area contributed by atoms with Gasteiger partial charge < -0.3 is 9.45 Å². The first-order chi connectivity index (χ1) is 22.0. The first kappa shape index (κ1) is 32.7. The highest BCUT2D eigenvalue weighted by molar-refractivity contribution is 8.03. The maximum atomic E-state index is 11.6. The van der Waals surface area contributed by atoms with Crippen molar-refractivity contribution in [1.29, 1.82) is 0 Å². The van der Waals surface area contributed by atoms with Gasteiger partial charge in [-0.2, -0.15) is 13.0 Å². The zero-order valence-corrected chi connectivity index (χ0v) is 28.5. The average Bonchev–Trinajstić information content (AvgIpc) is 3.53. The molecular formula is C34H34N2O6S4. The van der Waals surface area contributed by atoms with Crippen LogP contribution in [0.5, 0.6) is 0 Å². The summed E-state index contributed by atoms with van der Waals surface area (Å²) >= 11 is 3.27. The van der Waals surface area contributed by atoms with Gasteiger partial charge in [0.25, 0.3) is 15.1 Å². The van der Waals surface area contributed by atoms with Gasteiger partial charge in [-0.25, -0.2) is 8.42 Å². The van der Waals surface area contributed by atoms with E-state index in [9.17, 15) is 25.9 Å². The van der Waals surface area contributed by atoms with Gasteiger partial charge in [0.15, 0.2) is 6.54 Å². The number of fused-ring (bicyclic) bond motifs is 6. The molecule has 12 heteroatoms. The quantitative estimate of drug-likeness (QED) is 0.106. The maximum absolute atomic E-state index is 11.6. The molecular weight excluding hydrogens is 661 g/mol. The van der Waals surface area contributed by atoms with Crippen LogP contribution in [0.4, 0.5) is 5.69 Å². The van der Waals surface area contributed by atoms with Gasteiger partial charge in [-0.1, -0.05) is 91.0 Å². The lowest BCUT2D eigenvalue weighted by atomic mass is 10.1. The van der Waals surface area contributed by atoms with E-state index in [4.69, 9.17) is 0 Å². The lowest BCUT2D eigenvalue weighted by Crippen LogP contribution is -2.36. The number of benzene rings is 4. The summed E-state index contributed by atoms with van der Waals surface area (Å²) in [6.45, 7) is 2.91. The second kappa shape index (κ2) is 13.5. The van der Waals surface area contributed by atoms with Crippen LogP contribution in [-0.4, -0.2) is 44.0 Å². The zero-order chi connectivity index (χ0) is 32.5. The van der Waals surface area contributed by atoms with E-state index < -0.39 is 26.0 Å². The Labute approximate surface area is 277 Å². The normalized spacial score (nSPS) is 15.1. The van der Waals surface area contributed by atoms with Crippen LogP contribution >= 0.6 is 23.1 Å². The number of allylic oxidation sites excluding steroid dienone is 2. The Morgan fingerprint density at radius 2 is 1.61 bits per heavy atom. The van der Waals surface area contributed by atoms with Crippen molar-refractivity contribution < 1.29 is 30.5 Å². The van der Waals surface area contributed by atoms with Gasteiger partial charge in [-0.15, -0.1) is 0 Å². The zero-order valence-electron chi connectivity index (χ0n) is 25.3. The molecule has 1 aromatic heterocycles. The minimum absolute atomic E-state index is 0.205. The fourth-order valence-electron chi connectivity index (χ4n) is 6.00. The van der Waals surface area contributed by atoms with Gasteiger partial charge in [-0.3, -0.25) is 4.55 Å². The van der Waals surface area contributed by atoms with E-state index in [-0.39, 0.29) is 18.6 Å². The van der Waals surface area contributed by atoms with Gasteiger partial charge in [0.1, 0.15) is 4.70 Å². The molecule has 1 aliphatic rings. The maximum Gasteiger partial charge on any atom is 0.264 e. The van der Waals surface area contributed by atoms with E-state index in [1.165, 1.54) is 0 Å². The van der Waals surface area contributed by atoms with Gasteiger partial charge in [0, 0.05) is 35.1 Å². The van der Waals surface area contributed by atoms with Crippen molar-refractivity contribution in [1.82, 2.24) is 0 Å². The van der Waals surface area contributed by atoms with Crippen LogP contribution in [0.3, 0.4) is 0 Å². The fraction of sp³-hybridized carbons (Fsp3) is 0.265.